The summed E-state index contributed by atoms with van der Waals surface area (Å²) in [7, 11) is 0. The van der Waals surface area contributed by atoms with E-state index in [9.17, 15) is 0 Å². The minimum absolute atomic E-state index is 0.339. The van der Waals surface area contributed by atoms with Crippen molar-refractivity contribution in [3.8, 4) is 0 Å². The summed E-state index contributed by atoms with van der Waals surface area (Å²) in [6, 6.07) is 9.22. The van der Waals surface area contributed by atoms with Crippen LogP contribution >= 0.6 is 0 Å². The smallest absolute Gasteiger partial charge is 0.0110 e. The zero-order chi connectivity index (χ0) is 12.3. The maximum Gasteiger partial charge on any atom is 0.0110 e. The van der Waals surface area contributed by atoms with Crippen molar-refractivity contribution in [2.75, 3.05) is 0 Å². The van der Waals surface area contributed by atoms with Crippen LogP contribution in [0.25, 0.3) is 0 Å². The van der Waals surface area contributed by atoms with Crippen LogP contribution in [0.3, 0.4) is 0 Å². The van der Waals surface area contributed by atoms with Crippen LogP contribution in [-0.4, -0.2) is 6.04 Å². The molecule has 1 aromatic rings. The predicted octanol–water partition coefficient (Wildman–Crippen LogP) is 3.87. The second kappa shape index (κ2) is 5.68. The lowest BCUT2D eigenvalue weighted by Crippen LogP contribution is -2.32. The van der Waals surface area contributed by atoms with Crippen LogP contribution in [-0.2, 0) is 6.42 Å². The van der Waals surface area contributed by atoms with E-state index in [0.717, 1.165) is 12.3 Å². The fourth-order valence-corrected chi connectivity index (χ4v) is 3.03. The molecule has 0 saturated carbocycles. The van der Waals surface area contributed by atoms with Crippen molar-refractivity contribution in [2.24, 2.45) is 11.7 Å². The van der Waals surface area contributed by atoms with Crippen LogP contribution in [0.5, 0.6) is 0 Å². The van der Waals surface area contributed by atoms with Gasteiger partial charge in [-0.3, -0.25) is 0 Å². The van der Waals surface area contributed by atoms with E-state index in [1.54, 1.807) is 0 Å². The molecule has 0 radical (unpaired) electrons. The summed E-state index contributed by atoms with van der Waals surface area (Å²) >= 11 is 0. The van der Waals surface area contributed by atoms with Gasteiger partial charge in [0.15, 0.2) is 0 Å². The lowest BCUT2D eigenvalue weighted by molar-refractivity contribution is 0.379. The fraction of sp³-hybridized carbons (Fsp3) is 0.625. The Morgan fingerprint density at radius 2 is 2.12 bits per heavy atom. The van der Waals surface area contributed by atoms with Crippen molar-refractivity contribution in [3.63, 3.8) is 0 Å². The third kappa shape index (κ3) is 2.90. The molecule has 1 heteroatoms. The second-order valence-corrected chi connectivity index (χ2v) is 5.61. The van der Waals surface area contributed by atoms with E-state index in [1.807, 2.05) is 0 Å². The van der Waals surface area contributed by atoms with Gasteiger partial charge in [-0.2, -0.15) is 0 Å². The molecule has 94 valence electrons. The van der Waals surface area contributed by atoms with Crippen molar-refractivity contribution in [2.45, 2.75) is 57.9 Å². The van der Waals surface area contributed by atoms with Crippen LogP contribution < -0.4 is 5.73 Å². The van der Waals surface area contributed by atoms with Gasteiger partial charge in [0.2, 0.25) is 0 Å². The second-order valence-electron chi connectivity index (χ2n) is 5.61. The van der Waals surface area contributed by atoms with Crippen molar-refractivity contribution < 1.29 is 0 Å². The first-order chi connectivity index (χ1) is 8.22. The average Bonchev–Trinajstić information content (AvgIpc) is 2.37. The van der Waals surface area contributed by atoms with Crippen LogP contribution in [0.1, 0.15) is 56.6 Å². The first-order valence-corrected chi connectivity index (χ1v) is 7.05. The molecule has 0 fully saturated rings. The van der Waals surface area contributed by atoms with Gasteiger partial charge < -0.3 is 5.73 Å². The summed E-state index contributed by atoms with van der Waals surface area (Å²) in [5, 5.41) is 0. The van der Waals surface area contributed by atoms with Gasteiger partial charge >= 0.3 is 0 Å². The van der Waals surface area contributed by atoms with E-state index in [-0.39, 0.29) is 0 Å². The molecule has 0 aromatic heterocycles. The first-order valence-electron chi connectivity index (χ1n) is 7.05. The molecule has 2 N–H and O–H groups in total. The quantitative estimate of drug-likeness (QED) is 0.836. The van der Waals surface area contributed by atoms with Gasteiger partial charge in [-0.15, -0.1) is 0 Å². The number of rotatable bonds is 4. The molecule has 0 bridgehead atoms. The zero-order valence-corrected chi connectivity index (χ0v) is 11.2. The van der Waals surface area contributed by atoms with Crippen molar-refractivity contribution in [1.82, 2.24) is 0 Å². The highest BCUT2D eigenvalue weighted by atomic mass is 14.7. The van der Waals surface area contributed by atoms with Gasteiger partial charge in [0.25, 0.3) is 0 Å². The molecule has 0 spiro atoms. The average molecular weight is 231 g/mol. The fourth-order valence-electron chi connectivity index (χ4n) is 3.03. The molecule has 0 aliphatic heterocycles. The largest absolute Gasteiger partial charge is 0.327 e. The SMILES string of the molecule is CCC(C)CC(N)C1CCCc2ccccc21. The maximum absolute atomic E-state index is 6.44. The van der Waals surface area contributed by atoms with Gasteiger partial charge in [0.05, 0.1) is 0 Å². The van der Waals surface area contributed by atoms with Crippen LogP contribution in [0.15, 0.2) is 24.3 Å². The van der Waals surface area contributed by atoms with Crippen LogP contribution in [0.2, 0.25) is 0 Å². The molecule has 1 aliphatic carbocycles. The molecule has 3 unspecified atom stereocenters. The Hall–Kier alpha value is -0.820. The number of nitrogens with two attached hydrogens (primary N) is 1. The van der Waals surface area contributed by atoms with Gasteiger partial charge in [-0.25, -0.2) is 0 Å². The Morgan fingerprint density at radius 1 is 1.35 bits per heavy atom. The molecule has 0 heterocycles. The van der Waals surface area contributed by atoms with Gasteiger partial charge in [0, 0.05) is 6.04 Å². The topological polar surface area (TPSA) is 26.0 Å². The van der Waals surface area contributed by atoms with Gasteiger partial charge in [-0.1, -0.05) is 44.5 Å². The van der Waals surface area contributed by atoms with Gasteiger partial charge in [-0.05, 0) is 48.6 Å². The summed E-state index contributed by atoms with van der Waals surface area (Å²) in [5.74, 6) is 1.34. The molecule has 0 amide bonds. The van der Waals surface area contributed by atoms with E-state index in [0.29, 0.717) is 12.0 Å². The molecule has 0 saturated heterocycles. The summed E-state index contributed by atoms with van der Waals surface area (Å²) < 4.78 is 0. The Labute approximate surface area is 105 Å². The standard InChI is InChI=1S/C16H25N/c1-3-12(2)11-16(17)15-10-6-8-13-7-4-5-9-14(13)15/h4-5,7,9,12,15-16H,3,6,8,10-11,17H2,1-2H3. The highest BCUT2D eigenvalue weighted by molar-refractivity contribution is 5.33. The third-order valence-corrected chi connectivity index (χ3v) is 4.30. The Balaban J connectivity index is 2.12. The number of hydrogen-bond acceptors (Lipinski definition) is 1. The monoisotopic (exact) mass is 231 g/mol. The summed E-state index contributed by atoms with van der Waals surface area (Å²) in [5.41, 5.74) is 9.49. The molecule has 3 atom stereocenters. The summed E-state index contributed by atoms with van der Waals surface area (Å²) in [6.45, 7) is 4.57. The Bertz CT molecular complexity index is 358. The number of fused-ring (bicyclic) bond motifs is 1. The number of aryl methyl sites for hydroxylation is 1. The first kappa shape index (κ1) is 12.6. The van der Waals surface area contributed by atoms with E-state index < -0.39 is 0 Å². The lowest BCUT2D eigenvalue weighted by Gasteiger charge is -2.31. The normalized spacial score (nSPS) is 22.9. The van der Waals surface area contributed by atoms with E-state index >= 15 is 0 Å². The van der Waals surface area contributed by atoms with E-state index in [4.69, 9.17) is 5.73 Å². The molecule has 17 heavy (non-hydrogen) atoms. The molecule has 2 rings (SSSR count). The van der Waals surface area contributed by atoms with Crippen LogP contribution in [0, 0.1) is 5.92 Å². The predicted molar refractivity (Wildman–Crippen MR) is 74.2 cm³/mol. The van der Waals surface area contributed by atoms with E-state index in [2.05, 4.69) is 38.1 Å². The van der Waals surface area contributed by atoms with Crippen molar-refractivity contribution in [3.05, 3.63) is 35.4 Å². The Morgan fingerprint density at radius 3 is 2.88 bits per heavy atom. The maximum atomic E-state index is 6.44. The number of hydrogen-bond donors (Lipinski definition) is 1. The minimum atomic E-state index is 0.339. The molecular formula is C16H25N. The molecular weight excluding hydrogens is 206 g/mol. The van der Waals surface area contributed by atoms with Gasteiger partial charge in [0.1, 0.15) is 0 Å². The van der Waals surface area contributed by atoms with Crippen molar-refractivity contribution in [1.29, 1.82) is 0 Å². The Kier molecular flexibility index (Phi) is 4.22. The highest BCUT2D eigenvalue weighted by Crippen LogP contribution is 2.35. The highest BCUT2D eigenvalue weighted by Gasteiger charge is 2.25. The zero-order valence-electron chi connectivity index (χ0n) is 11.2. The van der Waals surface area contributed by atoms with Crippen molar-refractivity contribution >= 4 is 0 Å². The minimum Gasteiger partial charge on any atom is -0.327 e. The van der Waals surface area contributed by atoms with Crippen LogP contribution in [0.4, 0.5) is 0 Å². The molecule has 1 aliphatic rings. The summed E-state index contributed by atoms with van der Waals surface area (Å²) in [6.07, 6.45) is 6.21. The van der Waals surface area contributed by atoms with E-state index in [1.165, 1.54) is 36.8 Å². The third-order valence-electron chi connectivity index (χ3n) is 4.30. The number of benzene rings is 1. The summed E-state index contributed by atoms with van der Waals surface area (Å²) in [4.78, 5) is 0. The molecule has 1 nitrogen and oxygen atoms in total. The lowest BCUT2D eigenvalue weighted by atomic mass is 9.77. The molecule has 1 aromatic carbocycles.